The maximum atomic E-state index is 12.2. The number of carboxylic acids is 1. The van der Waals surface area contributed by atoms with E-state index in [2.05, 4.69) is 13.8 Å². The van der Waals surface area contributed by atoms with Crippen molar-refractivity contribution in [2.45, 2.75) is 58.8 Å². The van der Waals surface area contributed by atoms with Crippen LogP contribution in [0.25, 0.3) is 0 Å². The first-order valence-corrected chi connectivity index (χ1v) is 7.35. The van der Waals surface area contributed by atoms with Crippen molar-refractivity contribution < 1.29 is 14.7 Å². The van der Waals surface area contributed by atoms with Crippen LogP contribution in [0.15, 0.2) is 0 Å². The van der Waals surface area contributed by atoms with Gasteiger partial charge in [0, 0.05) is 20.0 Å². The van der Waals surface area contributed by atoms with Gasteiger partial charge >= 0.3 is 5.97 Å². The van der Waals surface area contributed by atoms with Gasteiger partial charge in [-0.3, -0.25) is 9.59 Å². The second kappa shape index (κ2) is 6.92. The van der Waals surface area contributed by atoms with Gasteiger partial charge in [-0.15, -0.1) is 0 Å². The second-order valence-corrected chi connectivity index (χ2v) is 6.34. The molecule has 1 fully saturated rings. The van der Waals surface area contributed by atoms with Crippen molar-refractivity contribution in [1.82, 2.24) is 4.90 Å². The zero-order chi connectivity index (χ0) is 14.5. The van der Waals surface area contributed by atoms with Gasteiger partial charge in [0.05, 0.1) is 5.41 Å². The normalized spacial score (nSPS) is 18.9. The van der Waals surface area contributed by atoms with Crippen molar-refractivity contribution in [1.29, 1.82) is 0 Å². The molecule has 0 unspecified atom stereocenters. The zero-order valence-corrected chi connectivity index (χ0v) is 12.4. The molecule has 1 aliphatic carbocycles. The summed E-state index contributed by atoms with van der Waals surface area (Å²) in [6, 6.07) is 0. The third kappa shape index (κ3) is 4.51. The molecule has 0 heterocycles. The molecule has 110 valence electrons. The van der Waals surface area contributed by atoms with Crippen molar-refractivity contribution in [3.05, 3.63) is 0 Å². The highest BCUT2D eigenvalue weighted by Gasteiger charge is 2.41. The van der Waals surface area contributed by atoms with E-state index in [1.54, 1.807) is 11.9 Å². The summed E-state index contributed by atoms with van der Waals surface area (Å²) >= 11 is 0. The standard InChI is InChI=1S/C15H27NO3/c1-12(2)11-16(3)13(17)10-15(14(18)19)8-6-4-5-7-9-15/h12H,4-11H2,1-3H3,(H,18,19). The summed E-state index contributed by atoms with van der Waals surface area (Å²) < 4.78 is 0. The maximum Gasteiger partial charge on any atom is 0.310 e. The van der Waals surface area contributed by atoms with Crippen LogP contribution in [-0.4, -0.2) is 35.5 Å². The van der Waals surface area contributed by atoms with Crippen LogP contribution in [0.4, 0.5) is 0 Å². The molecule has 1 saturated carbocycles. The molecule has 1 rings (SSSR count). The molecule has 0 saturated heterocycles. The number of rotatable bonds is 5. The van der Waals surface area contributed by atoms with Crippen LogP contribution in [0.2, 0.25) is 0 Å². The minimum Gasteiger partial charge on any atom is -0.481 e. The quantitative estimate of drug-likeness (QED) is 0.781. The smallest absolute Gasteiger partial charge is 0.310 e. The second-order valence-electron chi connectivity index (χ2n) is 6.34. The molecule has 0 radical (unpaired) electrons. The van der Waals surface area contributed by atoms with Crippen LogP contribution in [-0.2, 0) is 9.59 Å². The van der Waals surface area contributed by atoms with Gasteiger partial charge in [-0.2, -0.15) is 0 Å². The highest BCUT2D eigenvalue weighted by molar-refractivity contribution is 5.85. The minimum absolute atomic E-state index is 0.0296. The molecule has 0 aliphatic heterocycles. The first kappa shape index (κ1) is 16.0. The zero-order valence-electron chi connectivity index (χ0n) is 12.4. The molecule has 0 bridgehead atoms. The lowest BCUT2D eigenvalue weighted by atomic mass is 9.77. The summed E-state index contributed by atoms with van der Waals surface area (Å²) in [6.45, 7) is 4.80. The van der Waals surface area contributed by atoms with Gasteiger partial charge in [-0.05, 0) is 18.8 Å². The topological polar surface area (TPSA) is 57.6 Å². The summed E-state index contributed by atoms with van der Waals surface area (Å²) in [7, 11) is 1.77. The average Bonchev–Trinajstić information content (AvgIpc) is 2.54. The van der Waals surface area contributed by atoms with E-state index in [0.29, 0.717) is 25.3 Å². The molecule has 1 amide bonds. The largest absolute Gasteiger partial charge is 0.481 e. The Hall–Kier alpha value is -1.06. The Kier molecular flexibility index (Phi) is 5.83. The maximum absolute atomic E-state index is 12.2. The van der Waals surface area contributed by atoms with E-state index in [-0.39, 0.29) is 12.3 Å². The molecule has 0 aromatic carbocycles. The molecule has 0 aromatic rings. The molecule has 4 heteroatoms. The Bertz CT molecular complexity index is 317. The summed E-state index contributed by atoms with van der Waals surface area (Å²) in [5.74, 6) is -0.414. The van der Waals surface area contributed by atoms with E-state index >= 15 is 0 Å². The average molecular weight is 269 g/mol. The Morgan fingerprint density at radius 1 is 1.16 bits per heavy atom. The Balaban J connectivity index is 2.72. The summed E-state index contributed by atoms with van der Waals surface area (Å²) in [5.41, 5.74) is -0.821. The number of carboxylic acid groups (broad SMARTS) is 1. The van der Waals surface area contributed by atoms with Crippen molar-refractivity contribution in [2.75, 3.05) is 13.6 Å². The van der Waals surface area contributed by atoms with Crippen molar-refractivity contribution in [3.8, 4) is 0 Å². The highest BCUT2D eigenvalue weighted by Crippen LogP contribution is 2.38. The van der Waals surface area contributed by atoms with Crippen LogP contribution in [0.3, 0.4) is 0 Å². The lowest BCUT2D eigenvalue weighted by Gasteiger charge is -2.30. The third-order valence-electron chi connectivity index (χ3n) is 4.07. The van der Waals surface area contributed by atoms with Crippen LogP contribution in [0.1, 0.15) is 58.8 Å². The summed E-state index contributed by atoms with van der Waals surface area (Å²) in [4.78, 5) is 25.6. The molecular formula is C15H27NO3. The Morgan fingerprint density at radius 2 is 1.68 bits per heavy atom. The molecule has 0 atom stereocenters. The summed E-state index contributed by atoms with van der Waals surface area (Å²) in [6.07, 6.45) is 5.47. The molecule has 19 heavy (non-hydrogen) atoms. The molecular weight excluding hydrogens is 242 g/mol. The van der Waals surface area contributed by atoms with Crippen molar-refractivity contribution >= 4 is 11.9 Å². The van der Waals surface area contributed by atoms with E-state index in [9.17, 15) is 14.7 Å². The van der Waals surface area contributed by atoms with Gasteiger partial charge in [0.1, 0.15) is 0 Å². The van der Waals surface area contributed by atoms with Gasteiger partial charge in [0.15, 0.2) is 0 Å². The first-order chi connectivity index (χ1) is 8.87. The fourth-order valence-electron chi connectivity index (χ4n) is 2.95. The molecule has 1 N–H and O–H groups in total. The number of carbonyl (C=O) groups is 2. The van der Waals surface area contributed by atoms with Gasteiger partial charge in [-0.1, -0.05) is 39.5 Å². The molecule has 0 aromatic heterocycles. The van der Waals surface area contributed by atoms with Gasteiger partial charge in [0.2, 0.25) is 5.91 Å². The monoisotopic (exact) mass is 269 g/mol. The van der Waals surface area contributed by atoms with Crippen molar-refractivity contribution in [2.24, 2.45) is 11.3 Å². The third-order valence-corrected chi connectivity index (χ3v) is 4.07. The van der Waals surface area contributed by atoms with E-state index in [1.807, 2.05) is 0 Å². The summed E-state index contributed by atoms with van der Waals surface area (Å²) in [5, 5.41) is 9.56. The van der Waals surface area contributed by atoms with Crippen LogP contribution in [0, 0.1) is 11.3 Å². The lowest BCUT2D eigenvalue weighted by Crippen LogP contribution is -2.39. The van der Waals surface area contributed by atoms with E-state index in [0.717, 1.165) is 25.7 Å². The first-order valence-electron chi connectivity index (χ1n) is 7.35. The van der Waals surface area contributed by atoms with E-state index < -0.39 is 11.4 Å². The lowest BCUT2D eigenvalue weighted by molar-refractivity contribution is -0.154. The molecule has 1 aliphatic rings. The molecule has 4 nitrogen and oxygen atoms in total. The fourth-order valence-corrected chi connectivity index (χ4v) is 2.95. The van der Waals surface area contributed by atoms with Gasteiger partial charge in [-0.25, -0.2) is 0 Å². The van der Waals surface area contributed by atoms with E-state index in [4.69, 9.17) is 0 Å². The van der Waals surface area contributed by atoms with E-state index in [1.165, 1.54) is 0 Å². The number of amides is 1. The minimum atomic E-state index is -0.821. The SMILES string of the molecule is CC(C)CN(C)C(=O)CC1(C(=O)O)CCCCCC1. The van der Waals surface area contributed by atoms with Crippen LogP contribution >= 0.6 is 0 Å². The Morgan fingerprint density at radius 3 is 2.11 bits per heavy atom. The number of carbonyl (C=O) groups excluding carboxylic acids is 1. The number of nitrogens with zero attached hydrogens (tertiary/aromatic N) is 1. The number of hydrogen-bond acceptors (Lipinski definition) is 2. The van der Waals surface area contributed by atoms with Gasteiger partial charge in [0.25, 0.3) is 0 Å². The van der Waals surface area contributed by atoms with Gasteiger partial charge < -0.3 is 10.0 Å². The van der Waals surface area contributed by atoms with Crippen LogP contribution < -0.4 is 0 Å². The number of hydrogen-bond donors (Lipinski definition) is 1. The fraction of sp³-hybridized carbons (Fsp3) is 0.867. The van der Waals surface area contributed by atoms with Crippen LogP contribution in [0.5, 0.6) is 0 Å². The highest BCUT2D eigenvalue weighted by atomic mass is 16.4. The Labute approximate surface area is 116 Å². The predicted octanol–water partition coefficient (Wildman–Crippen LogP) is 2.92. The van der Waals surface area contributed by atoms with Crippen molar-refractivity contribution in [3.63, 3.8) is 0 Å². The predicted molar refractivity (Wildman–Crippen MR) is 74.9 cm³/mol. The number of aliphatic carboxylic acids is 1. The molecule has 0 spiro atoms.